The van der Waals surface area contributed by atoms with E-state index in [-0.39, 0.29) is 11.9 Å². The molecule has 0 aliphatic carbocycles. The highest BCUT2D eigenvalue weighted by Gasteiger charge is 2.18. The number of amides is 1. The van der Waals surface area contributed by atoms with E-state index in [4.69, 9.17) is 5.73 Å². The summed E-state index contributed by atoms with van der Waals surface area (Å²) >= 11 is 1.94. The lowest BCUT2D eigenvalue weighted by atomic mass is 10.1. The van der Waals surface area contributed by atoms with Crippen LogP contribution in [-0.4, -0.2) is 28.4 Å². The maximum absolute atomic E-state index is 12.0. The van der Waals surface area contributed by atoms with E-state index in [1.807, 2.05) is 18.7 Å². The molecule has 5 heteroatoms. The predicted octanol–water partition coefficient (Wildman–Crippen LogP) is 1.60. The Morgan fingerprint density at radius 3 is 2.88 bits per heavy atom. The van der Waals surface area contributed by atoms with Gasteiger partial charge in [0.1, 0.15) is 0 Å². The molecule has 1 aliphatic heterocycles. The summed E-state index contributed by atoms with van der Waals surface area (Å²) in [4.78, 5) is 16.1. The number of hydrogen-bond donors (Lipinski definition) is 2. The molecule has 1 amide bonds. The molecule has 0 spiro atoms. The van der Waals surface area contributed by atoms with Crippen molar-refractivity contribution in [1.82, 2.24) is 10.3 Å². The Kier molecular flexibility index (Phi) is 3.89. The second-order valence-corrected chi connectivity index (χ2v) is 5.50. The maximum atomic E-state index is 12.0. The van der Waals surface area contributed by atoms with Gasteiger partial charge < -0.3 is 11.1 Å². The first kappa shape index (κ1) is 12.2. The number of hydrogen-bond acceptors (Lipinski definition) is 4. The van der Waals surface area contributed by atoms with Crippen LogP contribution in [0.4, 0.5) is 5.69 Å². The predicted molar refractivity (Wildman–Crippen MR) is 71.2 cm³/mol. The Morgan fingerprint density at radius 2 is 2.24 bits per heavy atom. The molecular weight excluding hydrogens is 234 g/mol. The van der Waals surface area contributed by atoms with E-state index < -0.39 is 0 Å². The first-order valence-corrected chi connectivity index (χ1v) is 6.93. The molecule has 0 aromatic carbocycles. The topological polar surface area (TPSA) is 68.0 Å². The van der Waals surface area contributed by atoms with Gasteiger partial charge >= 0.3 is 0 Å². The number of nitrogens with two attached hydrogens (primary N) is 1. The summed E-state index contributed by atoms with van der Waals surface area (Å²) in [5.74, 6) is 2.13. The Bertz CT molecular complexity index is 416. The van der Waals surface area contributed by atoms with Crippen LogP contribution in [0.5, 0.6) is 0 Å². The van der Waals surface area contributed by atoms with E-state index in [1.165, 1.54) is 0 Å². The van der Waals surface area contributed by atoms with Gasteiger partial charge in [0, 0.05) is 23.6 Å². The summed E-state index contributed by atoms with van der Waals surface area (Å²) in [7, 11) is 0. The minimum absolute atomic E-state index is 0.105. The van der Waals surface area contributed by atoms with Crippen molar-refractivity contribution in [3.8, 4) is 0 Å². The Morgan fingerprint density at radius 1 is 1.53 bits per heavy atom. The Hall–Kier alpha value is -1.23. The number of aromatic nitrogens is 1. The van der Waals surface area contributed by atoms with Gasteiger partial charge in [0.25, 0.3) is 5.91 Å². The van der Waals surface area contributed by atoms with Gasteiger partial charge in [0.15, 0.2) is 0 Å². The molecule has 2 rings (SSSR count). The molecule has 0 atom stereocenters. The van der Waals surface area contributed by atoms with Crippen LogP contribution in [0.25, 0.3) is 0 Å². The first-order valence-electron chi connectivity index (χ1n) is 5.77. The zero-order valence-electron chi connectivity index (χ0n) is 9.90. The lowest BCUT2D eigenvalue weighted by Gasteiger charge is -2.22. The number of nitrogens with one attached hydrogen (secondary N) is 1. The third-order valence-corrected chi connectivity index (χ3v) is 3.92. The molecule has 17 heavy (non-hydrogen) atoms. The SMILES string of the molecule is Cc1cc(N)c(C(=O)NC2CCSCC2)cn1. The summed E-state index contributed by atoms with van der Waals surface area (Å²) in [6, 6.07) is 2.01. The molecule has 0 radical (unpaired) electrons. The van der Waals surface area contributed by atoms with Crippen LogP contribution in [0.15, 0.2) is 12.3 Å². The highest BCUT2D eigenvalue weighted by molar-refractivity contribution is 7.99. The third-order valence-electron chi connectivity index (χ3n) is 2.87. The molecule has 1 aromatic heterocycles. The lowest BCUT2D eigenvalue weighted by molar-refractivity contribution is 0.0935. The van der Waals surface area contributed by atoms with Crippen molar-refractivity contribution in [2.24, 2.45) is 0 Å². The molecule has 0 unspecified atom stereocenters. The monoisotopic (exact) mass is 251 g/mol. The lowest BCUT2D eigenvalue weighted by Crippen LogP contribution is -2.37. The normalized spacial score (nSPS) is 16.8. The molecule has 92 valence electrons. The fourth-order valence-electron chi connectivity index (χ4n) is 1.88. The highest BCUT2D eigenvalue weighted by atomic mass is 32.2. The summed E-state index contributed by atoms with van der Waals surface area (Å²) in [5, 5.41) is 3.02. The molecule has 1 aliphatic rings. The zero-order chi connectivity index (χ0) is 12.3. The number of carbonyl (C=O) groups is 1. The number of carbonyl (C=O) groups excluding carboxylic acids is 1. The smallest absolute Gasteiger partial charge is 0.255 e. The molecule has 1 fully saturated rings. The van der Waals surface area contributed by atoms with E-state index in [0.717, 1.165) is 30.0 Å². The van der Waals surface area contributed by atoms with Gasteiger partial charge in [-0.25, -0.2) is 0 Å². The van der Waals surface area contributed by atoms with Gasteiger partial charge in [-0.05, 0) is 37.3 Å². The standard InChI is InChI=1S/C12H17N3OS/c1-8-6-11(13)10(7-14-8)12(16)15-9-2-4-17-5-3-9/h6-7,9H,2-5H2,1H3,(H2,13,14)(H,15,16). The molecule has 0 bridgehead atoms. The minimum Gasteiger partial charge on any atom is -0.398 e. The van der Waals surface area contributed by atoms with Crippen molar-refractivity contribution >= 4 is 23.4 Å². The molecule has 1 aromatic rings. The highest BCUT2D eigenvalue weighted by Crippen LogP contribution is 2.18. The van der Waals surface area contributed by atoms with Gasteiger partial charge in [-0.1, -0.05) is 0 Å². The second-order valence-electron chi connectivity index (χ2n) is 4.27. The van der Waals surface area contributed by atoms with Gasteiger partial charge in [0.2, 0.25) is 0 Å². The van der Waals surface area contributed by atoms with Gasteiger partial charge in [0.05, 0.1) is 5.56 Å². The van der Waals surface area contributed by atoms with Gasteiger partial charge in [-0.15, -0.1) is 0 Å². The van der Waals surface area contributed by atoms with Crippen LogP contribution in [0.3, 0.4) is 0 Å². The van der Waals surface area contributed by atoms with Crippen molar-refractivity contribution in [1.29, 1.82) is 0 Å². The number of nitrogen functional groups attached to an aromatic ring is 1. The Labute approximate surface area is 105 Å². The van der Waals surface area contributed by atoms with E-state index >= 15 is 0 Å². The number of pyridine rings is 1. The van der Waals surface area contributed by atoms with Crippen LogP contribution in [-0.2, 0) is 0 Å². The maximum Gasteiger partial charge on any atom is 0.255 e. The fourth-order valence-corrected chi connectivity index (χ4v) is 2.98. The van der Waals surface area contributed by atoms with E-state index in [1.54, 1.807) is 12.3 Å². The fraction of sp³-hybridized carbons (Fsp3) is 0.500. The summed E-state index contributed by atoms with van der Waals surface area (Å²) < 4.78 is 0. The largest absolute Gasteiger partial charge is 0.398 e. The van der Waals surface area contributed by atoms with Crippen LogP contribution in [0, 0.1) is 6.92 Å². The number of rotatable bonds is 2. The molecule has 2 heterocycles. The van der Waals surface area contributed by atoms with Crippen molar-refractivity contribution in [2.45, 2.75) is 25.8 Å². The van der Waals surface area contributed by atoms with Crippen LogP contribution in [0.1, 0.15) is 28.9 Å². The van der Waals surface area contributed by atoms with E-state index in [0.29, 0.717) is 11.3 Å². The molecule has 0 saturated carbocycles. The van der Waals surface area contributed by atoms with Crippen molar-refractivity contribution in [2.75, 3.05) is 17.2 Å². The number of aryl methyl sites for hydroxylation is 1. The average molecular weight is 251 g/mol. The van der Waals surface area contributed by atoms with Gasteiger partial charge in [-0.3, -0.25) is 9.78 Å². The van der Waals surface area contributed by atoms with Crippen molar-refractivity contribution < 1.29 is 4.79 Å². The number of anilines is 1. The van der Waals surface area contributed by atoms with Gasteiger partial charge in [-0.2, -0.15) is 11.8 Å². The molecule has 4 nitrogen and oxygen atoms in total. The van der Waals surface area contributed by atoms with E-state index in [9.17, 15) is 4.79 Å². The summed E-state index contributed by atoms with van der Waals surface area (Å²) in [5.41, 5.74) is 7.63. The number of nitrogens with zero attached hydrogens (tertiary/aromatic N) is 1. The van der Waals surface area contributed by atoms with Crippen LogP contribution < -0.4 is 11.1 Å². The molecule has 3 N–H and O–H groups in total. The molecule has 1 saturated heterocycles. The summed E-state index contributed by atoms with van der Waals surface area (Å²) in [6.07, 6.45) is 3.63. The van der Waals surface area contributed by atoms with Crippen LogP contribution >= 0.6 is 11.8 Å². The van der Waals surface area contributed by atoms with Crippen LogP contribution in [0.2, 0.25) is 0 Å². The zero-order valence-corrected chi connectivity index (χ0v) is 10.7. The molecular formula is C12H17N3OS. The minimum atomic E-state index is -0.105. The average Bonchev–Trinajstić information content (AvgIpc) is 2.30. The number of thioether (sulfide) groups is 1. The first-order chi connectivity index (χ1) is 8.16. The second kappa shape index (κ2) is 5.40. The van der Waals surface area contributed by atoms with Crippen molar-refractivity contribution in [3.63, 3.8) is 0 Å². The van der Waals surface area contributed by atoms with E-state index in [2.05, 4.69) is 10.3 Å². The van der Waals surface area contributed by atoms with Crippen molar-refractivity contribution in [3.05, 3.63) is 23.5 Å². The summed E-state index contributed by atoms with van der Waals surface area (Å²) in [6.45, 7) is 1.86. The third kappa shape index (κ3) is 3.12. The Balaban J connectivity index is 2.03. The quantitative estimate of drug-likeness (QED) is 0.837.